The Kier molecular flexibility index (Phi) is 33.8. The van der Waals surface area contributed by atoms with Crippen LogP contribution in [0.25, 0.3) is 0 Å². The van der Waals surface area contributed by atoms with Crippen LogP contribution >= 0.6 is 12.1 Å². The van der Waals surface area contributed by atoms with E-state index in [2.05, 4.69) is 81.0 Å². The van der Waals surface area contributed by atoms with Crippen LogP contribution < -0.4 is 17.0 Å². The maximum Gasteiger partial charge on any atom is 0.410 e. The molecule has 16 heterocycles. The van der Waals surface area contributed by atoms with E-state index in [0.29, 0.717) is 59.5 Å². The van der Waals surface area contributed by atoms with Gasteiger partial charge in [-0.1, -0.05) is 78.9 Å². The fourth-order valence-corrected chi connectivity index (χ4v) is 19.6. The number of nitrogens with one attached hydrogen (secondary N) is 1. The lowest BCUT2D eigenvalue weighted by Crippen LogP contribution is -2.53. The lowest BCUT2D eigenvalue weighted by molar-refractivity contribution is -0.0466. The van der Waals surface area contributed by atoms with Crippen molar-refractivity contribution >= 4 is 47.6 Å². The molecule has 3 saturated carbocycles. The standard InChI is InChI=1S/2C22H24FN3O2.C22H15FN2O3.C14H13FN2.C14H11FN2.C8H14O.CH3FS.H4N2.H2O/c2*23-18-5-3-17(4-6-18)21-20-16(2-1-10-24-20)9-13-26(21)22(27)28-19-14-25-11-7-15(19)8-12-25;23-16-9-7-15(8-10-16)20(26)19-14(4-3-12-24-19)11-13-25-21(27)17-5-1-2-6-18(17)22(25)28;2*15-12-5-3-11(4-6-12)14-13-10(7-9-17-14)2-1-8-16-13;9-8-5-6-1-3-7(8)4-2-6;1-3-2;1-2;/h2*1-6,10,15,19,21H,7-9,11-14H2;1-10,12H,11,13H2;1-6,8,14,17H,7,9H2;1-6,8H,7,9H2;6-9H,1-5H2;1H3;1-2H2;1H2/t19-,21?;19-,21+;;;;6?,7?,8-;;;/m11...1.../s1. The Balaban J connectivity index is 0.000000130. The van der Waals surface area contributed by atoms with Crippen LogP contribution in [0.5, 0.6) is 0 Å². The maximum absolute atomic E-state index is 13.5. The third-order valence-electron chi connectivity index (χ3n) is 26.5. The summed E-state index contributed by atoms with van der Waals surface area (Å²) in [6.45, 7) is 9.08. The monoisotopic (exact) mass is 1830 g/mol. The van der Waals surface area contributed by atoms with Crippen molar-refractivity contribution < 1.29 is 69.9 Å². The van der Waals surface area contributed by atoms with Crippen LogP contribution in [0.1, 0.15) is 186 Å². The first-order valence-electron chi connectivity index (χ1n) is 45.2. The van der Waals surface area contributed by atoms with Crippen molar-refractivity contribution in [1.29, 1.82) is 0 Å². The molecule has 30 heteroatoms. The van der Waals surface area contributed by atoms with E-state index in [-0.39, 0.29) is 119 Å². The van der Waals surface area contributed by atoms with Crippen LogP contribution in [0.2, 0.25) is 0 Å². The first kappa shape index (κ1) is 96.8. The van der Waals surface area contributed by atoms with Gasteiger partial charge in [0.05, 0.1) is 51.8 Å². The summed E-state index contributed by atoms with van der Waals surface area (Å²) < 4.78 is 88.1. The van der Waals surface area contributed by atoms with E-state index < -0.39 is 5.82 Å². The molecule has 694 valence electrons. The summed E-state index contributed by atoms with van der Waals surface area (Å²) >= 11 is 0.250. The average molecular weight is 1830 g/mol. The number of pyridine rings is 5. The molecule has 23 nitrogen and oxygen atoms in total. The smallest absolute Gasteiger partial charge is 0.410 e. The zero-order valence-corrected chi connectivity index (χ0v) is 74.8. The predicted octanol–water partition coefficient (Wildman–Crippen LogP) is 15.9. The number of carbonyl (C=O) groups is 5. The van der Waals surface area contributed by atoms with Gasteiger partial charge in [-0.25, -0.2) is 31.5 Å². The quantitative estimate of drug-likeness (QED) is 0.0307. The number of carbonyl (C=O) groups excluding carboxylic acids is 5. The highest BCUT2D eigenvalue weighted by molar-refractivity contribution is 7.93. The van der Waals surface area contributed by atoms with E-state index in [0.717, 1.165) is 178 Å². The van der Waals surface area contributed by atoms with Crippen molar-refractivity contribution in [2.45, 2.75) is 126 Å². The summed E-state index contributed by atoms with van der Waals surface area (Å²) in [5.41, 5.74) is 14.9. The summed E-state index contributed by atoms with van der Waals surface area (Å²) in [6, 6.07) is 56.5. The molecule has 4 amide bonds. The van der Waals surface area contributed by atoms with Crippen LogP contribution in [0, 0.1) is 52.8 Å². The van der Waals surface area contributed by atoms with Gasteiger partial charge in [-0.3, -0.25) is 80.5 Å². The van der Waals surface area contributed by atoms with E-state index in [1.165, 1.54) is 127 Å². The Morgan fingerprint density at radius 3 is 1.36 bits per heavy atom. The van der Waals surface area contributed by atoms with Gasteiger partial charge in [-0.2, -0.15) is 3.89 Å². The number of ketones is 1. The molecule has 11 aliphatic heterocycles. The molecule has 6 saturated heterocycles. The summed E-state index contributed by atoms with van der Waals surface area (Å²) in [4.78, 5) is 100. The van der Waals surface area contributed by atoms with Gasteiger partial charge in [0.1, 0.15) is 59.1 Å². The molecule has 8 N–H and O–H groups in total. The van der Waals surface area contributed by atoms with Crippen LogP contribution in [0.4, 0.5) is 35.4 Å². The molecule has 5 aromatic heterocycles. The van der Waals surface area contributed by atoms with Crippen molar-refractivity contribution in [1.82, 2.24) is 54.7 Å². The molecule has 9 fully saturated rings. The number of ether oxygens (including phenoxy) is 2. The van der Waals surface area contributed by atoms with Crippen LogP contribution in [-0.2, 0) is 41.6 Å². The molecule has 6 bridgehead atoms. The van der Waals surface area contributed by atoms with Crippen molar-refractivity contribution in [3.8, 4) is 0 Å². The van der Waals surface area contributed by atoms with Gasteiger partial charge in [0.25, 0.3) is 11.8 Å². The lowest BCUT2D eigenvalue weighted by Gasteiger charge is -2.45. The SMILES string of the molecule is CSF.Fc1ccc(C2=NCCc3cccnc32)cc1.Fc1ccc(C2NCCc3cccnc32)cc1.NN.O.O=C(O[C@@H]1CN2CCC1CC2)N1CCc2cccnc2C1c1ccc(F)cc1.O=C(O[C@@H]1CN2CCC1CC2)N1CCc2cccnc2[C@@H]1c1ccc(F)cc1.O=C(c1ccc(F)cc1)c1ncccc1CCN1C(=O)c2ccccc2C1=O.O[C@@H]1CC2CCC1CC2. The number of imide groups is 1. The number of nitrogens with two attached hydrogens (primary N) is 2. The van der Waals surface area contributed by atoms with Gasteiger partial charge >= 0.3 is 12.2 Å². The minimum absolute atomic E-state index is 0. The number of hydrogen-bond acceptors (Lipinski definition) is 20. The minimum Gasteiger partial charge on any atom is -0.444 e. The molecule has 0 radical (unpaired) electrons. The molecular formula is C103H110F6N14O9S. The number of fused-ring (bicyclic) bond motifs is 14. The highest BCUT2D eigenvalue weighted by atomic mass is 32.2. The lowest BCUT2D eigenvalue weighted by atomic mass is 9.69. The Hall–Kier alpha value is -12.3. The Labute approximate surface area is 774 Å². The van der Waals surface area contributed by atoms with E-state index in [1.807, 2.05) is 42.6 Å². The second-order valence-electron chi connectivity index (χ2n) is 34.4. The third-order valence-corrected chi connectivity index (χ3v) is 26.5. The van der Waals surface area contributed by atoms with E-state index in [1.54, 1.807) is 101 Å². The zero-order chi connectivity index (χ0) is 92.2. The molecule has 3 aliphatic carbocycles. The first-order valence-corrected chi connectivity index (χ1v) is 46.3. The van der Waals surface area contributed by atoms with Gasteiger partial charge in [0.2, 0.25) is 5.78 Å². The van der Waals surface area contributed by atoms with Gasteiger partial charge in [0, 0.05) is 106 Å². The Morgan fingerprint density at radius 1 is 0.481 bits per heavy atom. The highest BCUT2D eigenvalue weighted by Gasteiger charge is 2.44. The van der Waals surface area contributed by atoms with E-state index >= 15 is 0 Å². The number of aliphatic hydroxyl groups excluding tert-OH is 1. The largest absolute Gasteiger partial charge is 0.444 e. The predicted molar refractivity (Wildman–Crippen MR) is 496 cm³/mol. The number of hydrogen-bond donors (Lipinski definition) is 4. The number of benzene rings is 6. The van der Waals surface area contributed by atoms with Gasteiger partial charge in [0.15, 0.2) is 0 Å². The number of rotatable bonds is 11. The topological polar surface area (TPSA) is 313 Å². The summed E-state index contributed by atoms with van der Waals surface area (Å²) in [5.74, 6) is 8.04. The van der Waals surface area contributed by atoms with Crippen LogP contribution in [0.3, 0.4) is 0 Å². The maximum atomic E-state index is 13.5. The number of halogens is 6. The Morgan fingerprint density at radius 2 is 0.910 bits per heavy atom. The van der Waals surface area contributed by atoms with E-state index in [4.69, 9.17) is 9.47 Å². The molecular weight excluding hydrogens is 1720 g/mol. The fourth-order valence-electron chi connectivity index (χ4n) is 19.6. The number of aromatic nitrogens is 5. The molecule has 6 aromatic carbocycles. The van der Waals surface area contributed by atoms with Gasteiger partial charge in [-0.05, 0) is 312 Å². The highest BCUT2D eigenvalue weighted by Crippen LogP contribution is 2.43. The first-order chi connectivity index (χ1) is 64.4. The molecule has 11 aromatic rings. The molecule has 2 unspecified atom stereocenters. The molecule has 14 aliphatic rings. The van der Waals surface area contributed by atoms with Crippen LogP contribution in [0.15, 0.2) is 242 Å². The third kappa shape index (κ3) is 23.7. The van der Waals surface area contributed by atoms with Crippen LogP contribution in [-0.4, -0.2) is 192 Å². The van der Waals surface area contributed by atoms with Crippen molar-refractivity contribution in [3.63, 3.8) is 0 Å². The normalized spacial score (nSPS) is 22.5. The summed E-state index contributed by atoms with van der Waals surface area (Å²) in [5, 5.41) is 12.8. The van der Waals surface area contributed by atoms with E-state index in [9.17, 15) is 54.9 Å². The average Bonchev–Trinajstić information content (AvgIpc) is 1.77. The van der Waals surface area contributed by atoms with Crippen molar-refractivity contribution in [3.05, 3.63) is 362 Å². The van der Waals surface area contributed by atoms with Crippen molar-refractivity contribution in [2.24, 2.45) is 40.3 Å². The number of hydrazine groups is 1. The number of amides is 4. The Bertz CT molecular complexity index is 5600. The fraction of sp³-hybridized carbons (Fsp3) is 0.350. The second kappa shape index (κ2) is 46.4. The van der Waals surface area contributed by atoms with Gasteiger partial charge < -0.3 is 25.4 Å². The molecule has 6 atom stereocenters. The number of piperidine rings is 6. The minimum atomic E-state index is -0.427. The number of aliphatic imine (C=N–C) groups is 1. The zero-order valence-electron chi connectivity index (χ0n) is 74.0. The van der Waals surface area contributed by atoms with Gasteiger partial charge in [-0.15, -0.1) is 0 Å². The molecule has 25 rings (SSSR count). The number of aliphatic hydroxyl groups is 1. The summed E-state index contributed by atoms with van der Waals surface area (Å²) in [6.07, 6.45) is 24.0. The molecule has 0 spiro atoms. The summed E-state index contributed by atoms with van der Waals surface area (Å²) in [7, 11) is 0. The number of nitrogens with zero attached hydrogens (tertiary/aromatic N) is 11. The molecule has 133 heavy (non-hydrogen) atoms. The van der Waals surface area contributed by atoms with Crippen molar-refractivity contribution in [2.75, 3.05) is 78.2 Å². The second-order valence-corrected chi connectivity index (χ2v) is 34.7.